The minimum Gasteiger partial charge on any atom is -0.491 e. The summed E-state index contributed by atoms with van der Waals surface area (Å²) in [5.41, 5.74) is 5.28. The predicted octanol–water partition coefficient (Wildman–Crippen LogP) is 0.775. The van der Waals surface area contributed by atoms with Gasteiger partial charge in [0.2, 0.25) is 0 Å². The third kappa shape index (κ3) is 3.92. The Balaban J connectivity index is 2.27. The first-order chi connectivity index (χ1) is 6.33. The Morgan fingerprint density at radius 2 is 2.00 bits per heavy atom. The molecule has 1 aromatic carbocycles. The van der Waals surface area contributed by atoms with Gasteiger partial charge >= 0.3 is 0 Å². The van der Waals surface area contributed by atoms with Gasteiger partial charge in [-0.05, 0) is 25.1 Å². The van der Waals surface area contributed by atoms with E-state index < -0.39 is 6.10 Å². The van der Waals surface area contributed by atoms with E-state index in [9.17, 15) is 5.11 Å². The average molecular weight is 181 g/mol. The van der Waals surface area contributed by atoms with E-state index in [1.165, 1.54) is 0 Å². The number of ether oxygens (including phenoxy) is 1. The normalized spacial score (nSPS) is 12.5. The molecular weight excluding hydrogens is 166 g/mol. The first kappa shape index (κ1) is 10.0. The van der Waals surface area contributed by atoms with Crippen LogP contribution in [0.15, 0.2) is 30.3 Å². The summed E-state index contributed by atoms with van der Waals surface area (Å²) in [6.45, 7) is 0.792. The quantitative estimate of drug-likeness (QED) is 0.705. The Morgan fingerprint density at radius 3 is 2.62 bits per heavy atom. The lowest BCUT2D eigenvalue weighted by atomic mass is 10.3. The highest BCUT2D eigenvalue weighted by Gasteiger charge is 2.02. The second-order valence-corrected chi connectivity index (χ2v) is 2.86. The summed E-state index contributed by atoms with van der Waals surface area (Å²) in [5.74, 6) is 0.776. The molecule has 0 amide bonds. The van der Waals surface area contributed by atoms with E-state index in [4.69, 9.17) is 10.5 Å². The molecule has 0 bridgehead atoms. The molecule has 1 aromatic rings. The van der Waals surface area contributed by atoms with E-state index in [1.54, 1.807) is 0 Å². The van der Waals surface area contributed by atoms with Crippen LogP contribution in [0.2, 0.25) is 0 Å². The maximum absolute atomic E-state index is 9.31. The van der Waals surface area contributed by atoms with E-state index in [0.29, 0.717) is 19.6 Å². The molecule has 0 spiro atoms. The van der Waals surface area contributed by atoms with E-state index in [1.807, 2.05) is 30.3 Å². The monoisotopic (exact) mass is 181 g/mol. The molecule has 1 atom stereocenters. The van der Waals surface area contributed by atoms with Crippen molar-refractivity contribution in [1.82, 2.24) is 0 Å². The lowest BCUT2D eigenvalue weighted by molar-refractivity contribution is 0.102. The molecular formula is C10H15NO2. The van der Waals surface area contributed by atoms with Crippen molar-refractivity contribution >= 4 is 0 Å². The Kier molecular flexibility index (Phi) is 4.29. The molecule has 0 radical (unpaired) electrons. The lowest BCUT2D eigenvalue weighted by Gasteiger charge is -2.10. The number of rotatable bonds is 5. The molecule has 0 saturated carbocycles. The summed E-state index contributed by atoms with van der Waals surface area (Å²) in [6, 6.07) is 9.42. The number of benzene rings is 1. The molecule has 0 aromatic heterocycles. The summed E-state index contributed by atoms with van der Waals surface area (Å²) >= 11 is 0. The van der Waals surface area contributed by atoms with Crippen LogP contribution in [0.25, 0.3) is 0 Å². The first-order valence-corrected chi connectivity index (χ1v) is 4.39. The maximum atomic E-state index is 9.31. The largest absolute Gasteiger partial charge is 0.491 e. The summed E-state index contributed by atoms with van der Waals surface area (Å²) in [5, 5.41) is 9.31. The van der Waals surface area contributed by atoms with Crippen LogP contribution in [-0.4, -0.2) is 24.4 Å². The molecule has 1 unspecified atom stereocenters. The molecule has 3 nitrogen and oxygen atoms in total. The van der Waals surface area contributed by atoms with Crippen LogP contribution in [0.5, 0.6) is 5.75 Å². The van der Waals surface area contributed by atoms with E-state index in [0.717, 1.165) is 5.75 Å². The fourth-order valence-electron chi connectivity index (χ4n) is 0.985. The summed E-state index contributed by atoms with van der Waals surface area (Å²) in [4.78, 5) is 0. The van der Waals surface area contributed by atoms with Crippen molar-refractivity contribution in [3.8, 4) is 5.75 Å². The molecule has 0 aliphatic rings. The van der Waals surface area contributed by atoms with Gasteiger partial charge in [-0.15, -0.1) is 0 Å². The van der Waals surface area contributed by atoms with Crippen molar-refractivity contribution in [2.75, 3.05) is 13.2 Å². The Hall–Kier alpha value is -1.06. The minimum absolute atomic E-state index is 0.307. The summed E-state index contributed by atoms with van der Waals surface area (Å²) < 4.78 is 5.31. The van der Waals surface area contributed by atoms with Gasteiger partial charge in [-0.3, -0.25) is 0 Å². The highest BCUT2D eigenvalue weighted by atomic mass is 16.5. The summed E-state index contributed by atoms with van der Waals surface area (Å²) in [7, 11) is 0. The Bertz CT molecular complexity index is 226. The summed E-state index contributed by atoms with van der Waals surface area (Å²) in [6.07, 6.45) is 0.109. The fourth-order valence-corrected chi connectivity index (χ4v) is 0.985. The van der Waals surface area contributed by atoms with Gasteiger partial charge < -0.3 is 15.6 Å². The van der Waals surface area contributed by atoms with Crippen molar-refractivity contribution in [2.45, 2.75) is 12.5 Å². The number of hydrogen-bond donors (Lipinski definition) is 2. The average Bonchev–Trinajstić information content (AvgIpc) is 2.17. The third-order valence-electron chi connectivity index (χ3n) is 1.69. The van der Waals surface area contributed by atoms with Crippen LogP contribution in [0.4, 0.5) is 0 Å². The van der Waals surface area contributed by atoms with Crippen molar-refractivity contribution < 1.29 is 9.84 Å². The van der Waals surface area contributed by atoms with E-state index in [-0.39, 0.29) is 0 Å². The van der Waals surface area contributed by atoms with Crippen LogP contribution in [-0.2, 0) is 0 Å². The smallest absolute Gasteiger partial charge is 0.119 e. The maximum Gasteiger partial charge on any atom is 0.119 e. The van der Waals surface area contributed by atoms with Crippen LogP contribution < -0.4 is 10.5 Å². The molecule has 0 heterocycles. The predicted molar refractivity (Wildman–Crippen MR) is 51.6 cm³/mol. The number of aliphatic hydroxyl groups excluding tert-OH is 1. The minimum atomic E-state index is -0.467. The standard InChI is InChI=1S/C10H15NO2/c11-7-6-9(12)8-13-10-4-2-1-3-5-10/h1-5,9,12H,6-8,11H2. The molecule has 72 valence electrons. The number of nitrogens with two attached hydrogens (primary N) is 1. The number of para-hydroxylation sites is 1. The van der Waals surface area contributed by atoms with Crippen molar-refractivity contribution in [3.05, 3.63) is 30.3 Å². The van der Waals surface area contributed by atoms with Gasteiger partial charge in [-0.1, -0.05) is 18.2 Å². The van der Waals surface area contributed by atoms with Gasteiger partial charge in [0.15, 0.2) is 0 Å². The molecule has 0 aliphatic carbocycles. The van der Waals surface area contributed by atoms with Gasteiger partial charge in [0.25, 0.3) is 0 Å². The second-order valence-electron chi connectivity index (χ2n) is 2.86. The zero-order chi connectivity index (χ0) is 9.52. The third-order valence-corrected chi connectivity index (χ3v) is 1.69. The highest BCUT2D eigenvalue weighted by Crippen LogP contribution is 2.08. The second kappa shape index (κ2) is 5.56. The van der Waals surface area contributed by atoms with Crippen molar-refractivity contribution in [3.63, 3.8) is 0 Å². The molecule has 3 heteroatoms. The van der Waals surface area contributed by atoms with Crippen LogP contribution >= 0.6 is 0 Å². The van der Waals surface area contributed by atoms with E-state index in [2.05, 4.69) is 0 Å². The molecule has 3 N–H and O–H groups in total. The van der Waals surface area contributed by atoms with Crippen LogP contribution in [0.1, 0.15) is 6.42 Å². The fraction of sp³-hybridized carbons (Fsp3) is 0.400. The van der Waals surface area contributed by atoms with Crippen molar-refractivity contribution in [2.24, 2.45) is 5.73 Å². The van der Waals surface area contributed by atoms with Gasteiger partial charge in [0.05, 0.1) is 6.10 Å². The molecule has 0 aliphatic heterocycles. The van der Waals surface area contributed by atoms with Crippen LogP contribution in [0, 0.1) is 0 Å². The lowest BCUT2D eigenvalue weighted by Crippen LogP contribution is -2.21. The molecule has 13 heavy (non-hydrogen) atoms. The first-order valence-electron chi connectivity index (χ1n) is 4.39. The van der Waals surface area contributed by atoms with Gasteiger partial charge in [-0.2, -0.15) is 0 Å². The number of hydrogen-bond acceptors (Lipinski definition) is 3. The zero-order valence-corrected chi connectivity index (χ0v) is 7.52. The van der Waals surface area contributed by atoms with Gasteiger partial charge in [0.1, 0.15) is 12.4 Å². The molecule has 1 rings (SSSR count). The molecule has 0 fully saturated rings. The van der Waals surface area contributed by atoms with Crippen molar-refractivity contribution in [1.29, 1.82) is 0 Å². The SMILES string of the molecule is NCCC(O)COc1ccccc1. The zero-order valence-electron chi connectivity index (χ0n) is 7.52. The van der Waals surface area contributed by atoms with Crippen LogP contribution in [0.3, 0.4) is 0 Å². The Morgan fingerprint density at radius 1 is 1.31 bits per heavy atom. The molecule has 0 saturated heterocycles. The van der Waals surface area contributed by atoms with Gasteiger partial charge in [0, 0.05) is 0 Å². The topological polar surface area (TPSA) is 55.5 Å². The van der Waals surface area contributed by atoms with Gasteiger partial charge in [-0.25, -0.2) is 0 Å². The highest BCUT2D eigenvalue weighted by molar-refractivity contribution is 5.20. The van der Waals surface area contributed by atoms with E-state index >= 15 is 0 Å². The Labute approximate surface area is 78.1 Å². The number of aliphatic hydroxyl groups is 1.